The second-order valence-electron chi connectivity index (χ2n) is 12.6. The van der Waals surface area contributed by atoms with Crippen molar-refractivity contribution in [3.8, 4) is 67.5 Å². The van der Waals surface area contributed by atoms with Gasteiger partial charge in [-0.05, 0) is 69.1 Å². The van der Waals surface area contributed by atoms with Crippen molar-refractivity contribution in [2.24, 2.45) is 0 Å². The first-order valence-corrected chi connectivity index (χ1v) is 15.8. The highest BCUT2D eigenvalue weighted by atomic mass is 15.0. The lowest BCUT2D eigenvalue weighted by Gasteiger charge is -2.21. The number of hydrogen-bond donors (Lipinski definition) is 0. The fourth-order valence-electron chi connectivity index (χ4n) is 6.75. The van der Waals surface area contributed by atoms with Gasteiger partial charge in [0.15, 0.2) is 17.5 Å². The molecule has 0 bridgehead atoms. The Morgan fingerprint density at radius 2 is 0.848 bits per heavy atom. The summed E-state index contributed by atoms with van der Waals surface area (Å²) >= 11 is 0. The van der Waals surface area contributed by atoms with Crippen molar-refractivity contribution in [3.05, 3.63) is 162 Å². The first-order chi connectivity index (χ1) is 22.5. The van der Waals surface area contributed by atoms with Crippen LogP contribution in [0.25, 0.3) is 67.5 Å². The molecule has 0 atom stereocenters. The predicted molar refractivity (Wildman–Crippen MR) is 189 cm³/mol. The minimum atomic E-state index is 0.0130. The zero-order valence-corrected chi connectivity index (χ0v) is 26.2. The van der Waals surface area contributed by atoms with Crippen LogP contribution in [0.3, 0.4) is 0 Å². The van der Waals surface area contributed by atoms with Gasteiger partial charge in [0.2, 0.25) is 0 Å². The highest BCUT2D eigenvalue weighted by Crippen LogP contribution is 2.49. The molecular formula is C43H33N3. The maximum Gasteiger partial charge on any atom is 0.164 e. The maximum absolute atomic E-state index is 4.95. The molecule has 7 aromatic rings. The third kappa shape index (κ3) is 4.81. The first kappa shape index (κ1) is 27.8. The summed E-state index contributed by atoms with van der Waals surface area (Å²) in [6, 6.07) is 51.4. The van der Waals surface area contributed by atoms with E-state index in [1.165, 1.54) is 38.9 Å². The van der Waals surface area contributed by atoms with Gasteiger partial charge in [0.1, 0.15) is 0 Å². The standard InChI is InChI=1S/C43H33N3/c1-28-18-19-34(42-45-40(31-12-6-4-7-13-31)44-41(46-42)32-14-8-5-9-15-32)27-36(28)30-22-20-29(21-23-30)33-24-25-39-37(26-33)35-16-10-11-17-38(35)43(39,2)3/h4-27H,1-3H3. The molecule has 3 heteroatoms. The van der Waals surface area contributed by atoms with Crippen molar-refractivity contribution in [1.29, 1.82) is 0 Å². The third-order valence-corrected chi connectivity index (χ3v) is 9.31. The number of aromatic nitrogens is 3. The van der Waals surface area contributed by atoms with Gasteiger partial charge < -0.3 is 0 Å². The quantitative estimate of drug-likeness (QED) is 0.200. The van der Waals surface area contributed by atoms with E-state index in [2.05, 4.69) is 106 Å². The molecule has 0 saturated carbocycles. The number of aryl methyl sites for hydroxylation is 1. The van der Waals surface area contributed by atoms with E-state index in [4.69, 9.17) is 15.0 Å². The number of benzene rings is 6. The first-order valence-electron chi connectivity index (χ1n) is 15.8. The fourth-order valence-corrected chi connectivity index (χ4v) is 6.75. The number of hydrogen-bond acceptors (Lipinski definition) is 3. The average molecular weight is 592 g/mol. The Balaban J connectivity index is 1.16. The number of rotatable bonds is 5. The Bertz CT molecular complexity index is 2160. The van der Waals surface area contributed by atoms with Crippen LogP contribution in [-0.2, 0) is 5.41 Å². The summed E-state index contributed by atoms with van der Waals surface area (Å²) in [4.78, 5) is 14.8. The Morgan fingerprint density at radius 3 is 1.50 bits per heavy atom. The van der Waals surface area contributed by atoms with Crippen molar-refractivity contribution < 1.29 is 0 Å². The van der Waals surface area contributed by atoms with E-state index in [1.54, 1.807) is 0 Å². The molecule has 0 radical (unpaired) electrons. The van der Waals surface area contributed by atoms with Gasteiger partial charge in [-0.25, -0.2) is 15.0 Å². The van der Waals surface area contributed by atoms with Gasteiger partial charge in [-0.15, -0.1) is 0 Å². The monoisotopic (exact) mass is 591 g/mol. The molecule has 0 spiro atoms. The number of fused-ring (bicyclic) bond motifs is 3. The molecule has 1 aliphatic carbocycles. The van der Waals surface area contributed by atoms with Crippen LogP contribution in [0.1, 0.15) is 30.5 Å². The lowest BCUT2D eigenvalue weighted by atomic mass is 9.82. The van der Waals surface area contributed by atoms with Gasteiger partial charge >= 0.3 is 0 Å². The lowest BCUT2D eigenvalue weighted by molar-refractivity contribution is 0.660. The molecule has 6 aromatic carbocycles. The lowest BCUT2D eigenvalue weighted by Crippen LogP contribution is -2.14. The van der Waals surface area contributed by atoms with Crippen LogP contribution in [-0.4, -0.2) is 15.0 Å². The van der Waals surface area contributed by atoms with Gasteiger partial charge in [0.25, 0.3) is 0 Å². The van der Waals surface area contributed by atoms with Gasteiger partial charge in [-0.2, -0.15) is 0 Å². The molecule has 0 saturated heterocycles. The van der Waals surface area contributed by atoms with Crippen molar-refractivity contribution in [3.63, 3.8) is 0 Å². The highest BCUT2D eigenvalue weighted by Gasteiger charge is 2.35. The second-order valence-corrected chi connectivity index (χ2v) is 12.6. The molecule has 0 unspecified atom stereocenters. The summed E-state index contributed by atoms with van der Waals surface area (Å²) in [6.07, 6.45) is 0. The topological polar surface area (TPSA) is 38.7 Å². The highest BCUT2D eigenvalue weighted by molar-refractivity contribution is 5.85. The molecular weight excluding hydrogens is 558 g/mol. The molecule has 8 rings (SSSR count). The van der Waals surface area contributed by atoms with E-state index >= 15 is 0 Å². The minimum absolute atomic E-state index is 0.0130. The van der Waals surface area contributed by atoms with Crippen molar-refractivity contribution in [1.82, 2.24) is 15.0 Å². The third-order valence-electron chi connectivity index (χ3n) is 9.31. The molecule has 0 amide bonds. The Hall–Kier alpha value is -5.67. The predicted octanol–water partition coefficient (Wildman–Crippen LogP) is 10.8. The Labute approximate surface area is 270 Å². The van der Waals surface area contributed by atoms with Crippen LogP contribution in [0.15, 0.2) is 146 Å². The van der Waals surface area contributed by atoms with Crippen LogP contribution >= 0.6 is 0 Å². The van der Waals surface area contributed by atoms with Gasteiger partial charge in [0, 0.05) is 22.1 Å². The van der Waals surface area contributed by atoms with E-state index in [1.807, 2.05) is 60.7 Å². The Kier molecular flexibility index (Phi) is 6.69. The van der Waals surface area contributed by atoms with E-state index in [0.717, 1.165) is 27.8 Å². The zero-order valence-electron chi connectivity index (χ0n) is 26.2. The molecule has 1 aromatic heterocycles. The largest absolute Gasteiger partial charge is 0.208 e. The number of nitrogens with zero attached hydrogens (tertiary/aromatic N) is 3. The summed E-state index contributed by atoms with van der Waals surface area (Å²) in [5.41, 5.74) is 14.3. The molecule has 0 aliphatic heterocycles. The van der Waals surface area contributed by atoms with E-state index in [0.29, 0.717) is 17.5 Å². The van der Waals surface area contributed by atoms with Crippen molar-refractivity contribution in [2.45, 2.75) is 26.2 Å². The zero-order chi connectivity index (χ0) is 31.3. The molecule has 0 N–H and O–H groups in total. The molecule has 1 aliphatic rings. The van der Waals surface area contributed by atoms with Crippen LogP contribution in [0.2, 0.25) is 0 Å². The Morgan fingerprint density at radius 1 is 0.370 bits per heavy atom. The van der Waals surface area contributed by atoms with Crippen LogP contribution in [0.5, 0.6) is 0 Å². The van der Waals surface area contributed by atoms with Gasteiger partial charge in [-0.1, -0.05) is 147 Å². The molecule has 3 nitrogen and oxygen atoms in total. The molecule has 1 heterocycles. The summed E-state index contributed by atoms with van der Waals surface area (Å²) in [5.74, 6) is 1.99. The second kappa shape index (κ2) is 11.0. The van der Waals surface area contributed by atoms with E-state index < -0.39 is 0 Å². The van der Waals surface area contributed by atoms with Gasteiger partial charge in [-0.3, -0.25) is 0 Å². The van der Waals surface area contributed by atoms with Crippen molar-refractivity contribution in [2.75, 3.05) is 0 Å². The normalized spacial score (nSPS) is 12.8. The minimum Gasteiger partial charge on any atom is -0.208 e. The maximum atomic E-state index is 4.95. The van der Waals surface area contributed by atoms with Crippen LogP contribution in [0.4, 0.5) is 0 Å². The van der Waals surface area contributed by atoms with Crippen LogP contribution in [0, 0.1) is 6.92 Å². The van der Waals surface area contributed by atoms with Crippen LogP contribution < -0.4 is 0 Å². The SMILES string of the molecule is Cc1ccc(-c2nc(-c3ccccc3)nc(-c3ccccc3)n2)cc1-c1ccc(-c2ccc3c(c2)-c2ccccc2C3(C)C)cc1. The molecule has 0 fully saturated rings. The average Bonchev–Trinajstić information content (AvgIpc) is 3.35. The fraction of sp³-hybridized carbons (Fsp3) is 0.0930. The van der Waals surface area contributed by atoms with Crippen molar-refractivity contribution >= 4 is 0 Å². The summed E-state index contributed by atoms with van der Waals surface area (Å²) in [7, 11) is 0. The van der Waals surface area contributed by atoms with E-state index in [9.17, 15) is 0 Å². The summed E-state index contributed by atoms with van der Waals surface area (Å²) in [6.45, 7) is 6.81. The van der Waals surface area contributed by atoms with E-state index in [-0.39, 0.29) is 5.41 Å². The van der Waals surface area contributed by atoms with Gasteiger partial charge in [0.05, 0.1) is 0 Å². The summed E-state index contributed by atoms with van der Waals surface area (Å²) < 4.78 is 0. The smallest absolute Gasteiger partial charge is 0.164 e. The molecule has 46 heavy (non-hydrogen) atoms. The summed E-state index contributed by atoms with van der Waals surface area (Å²) in [5, 5.41) is 0. The molecule has 220 valence electrons.